The van der Waals surface area contributed by atoms with Crippen molar-refractivity contribution in [1.29, 1.82) is 0 Å². The van der Waals surface area contributed by atoms with Crippen LogP contribution < -0.4 is 15.9 Å². The van der Waals surface area contributed by atoms with Crippen LogP contribution in [0.3, 0.4) is 0 Å². The van der Waals surface area contributed by atoms with E-state index in [-0.39, 0.29) is 11.7 Å². The summed E-state index contributed by atoms with van der Waals surface area (Å²) < 4.78 is 4.62. The highest BCUT2D eigenvalue weighted by atomic mass is 16.7. The van der Waals surface area contributed by atoms with Crippen molar-refractivity contribution in [3.63, 3.8) is 0 Å². The van der Waals surface area contributed by atoms with Gasteiger partial charge in [0.25, 0.3) is 0 Å². The van der Waals surface area contributed by atoms with Crippen LogP contribution in [0.4, 0.5) is 5.82 Å². The first-order chi connectivity index (χ1) is 6.11. The summed E-state index contributed by atoms with van der Waals surface area (Å²) in [5, 5.41) is 9.19. The minimum atomic E-state index is -0.801. The molecule has 0 atom stereocenters. The number of aromatic nitrogens is 2. The lowest BCUT2D eigenvalue weighted by Gasteiger charge is -1.99. The lowest BCUT2D eigenvalue weighted by Crippen LogP contribution is -2.17. The van der Waals surface area contributed by atoms with Gasteiger partial charge in [0.2, 0.25) is 5.88 Å². The van der Waals surface area contributed by atoms with Gasteiger partial charge in [-0.15, -0.1) is 0 Å². The number of rotatable bonds is 3. The summed E-state index contributed by atoms with van der Waals surface area (Å²) in [5.74, 6) is -0.0741. The number of nitrogens with zero attached hydrogens (tertiary/aromatic N) is 2. The van der Waals surface area contributed by atoms with Gasteiger partial charge in [0, 0.05) is 6.07 Å². The molecule has 2 N–H and O–H groups in total. The van der Waals surface area contributed by atoms with Crippen LogP contribution >= 0.6 is 0 Å². The Bertz CT molecular complexity index is 373. The van der Waals surface area contributed by atoms with Crippen LogP contribution in [0.15, 0.2) is 10.9 Å². The van der Waals surface area contributed by atoms with Gasteiger partial charge in [0.1, 0.15) is 0 Å². The Labute approximate surface area is 71.7 Å². The Balaban J connectivity index is 3.01. The molecule has 0 aliphatic rings. The highest BCUT2D eigenvalue weighted by Gasteiger charge is 2.03. The predicted molar refractivity (Wildman–Crippen MR) is 42.0 cm³/mol. The molecule has 0 aliphatic carbocycles. The van der Waals surface area contributed by atoms with E-state index in [0.29, 0.717) is 0 Å². The second-order valence-electron chi connectivity index (χ2n) is 2.01. The maximum Gasteiger partial charge on any atom is 0.349 e. The number of hydrogen-bond donors (Lipinski definition) is 2. The molecule has 0 unspecified atom stereocenters. The van der Waals surface area contributed by atoms with Gasteiger partial charge in [-0.1, -0.05) is 5.43 Å². The number of methoxy groups -OCH3 is 1. The van der Waals surface area contributed by atoms with Crippen LogP contribution in [0, 0.1) is 10.1 Å². The van der Waals surface area contributed by atoms with Crippen molar-refractivity contribution in [1.82, 2.24) is 9.97 Å². The summed E-state index contributed by atoms with van der Waals surface area (Å²) in [6.07, 6.45) is 0. The Morgan fingerprint density at radius 3 is 3.00 bits per heavy atom. The van der Waals surface area contributed by atoms with Crippen molar-refractivity contribution in [3.8, 4) is 5.88 Å². The van der Waals surface area contributed by atoms with Gasteiger partial charge in [-0.3, -0.25) is 4.98 Å². The maximum absolute atomic E-state index is 10.7. The van der Waals surface area contributed by atoms with E-state index in [4.69, 9.17) is 0 Å². The predicted octanol–water partition coefficient (Wildman–Crippen LogP) is -0.618. The normalized spacial score (nSPS) is 9.31. The highest BCUT2D eigenvalue weighted by Crippen LogP contribution is 2.07. The molecule has 1 aromatic rings. The molecule has 0 saturated heterocycles. The SMILES string of the molecule is COc1cc(N[N+](=O)[O-])[nH]c(=O)n1. The first kappa shape index (κ1) is 8.97. The molecule has 0 fully saturated rings. The van der Waals surface area contributed by atoms with Crippen LogP contribution in [-0.4, -0.2) is 22.1 Å². The first-order valence-electron chi connectivity index (χ1n) is 3.18. The second-order valence-corrected chi connectivity index (χ2v) is 2.01. The van der Waals surface area contributed by atoms with E-state index in [0.717, 1.165) is 0 Å². The molecule has 0 aromatic carbocycles. The van der Waals surface area contributed by atoms with Gasteiger partial charge in [0.05, 0.1) is 7.11 Å². The highest BCUT2D eigenvalue weighted by molar-refractivity contribution is 5.34. The van der Waals surface area contributed by atoms with Crippen LogP contribution in [-0.2, 0) is 0 Å². The largest absolute Gasteiger partial charge is 0.481 e. The molecule has 0 saturated carbocycles. The van der Waals surface area contributed by atoms with Crippen LogP contribution in [0.2, 0.25) is 0 Å². The summed E-state index contributed by atoms with van der Waals surface area (Å²) in [4.78, 5) is 26.2. The third-order valence-corrected chi connectivity index (χ3v) is 1.14. The van der Waals surface area contributed by atoms with Gasteiger partial charge >= 0.3 is 5.69 Å². The summed E-state index contributed by atoms with van der Waals surface area (Å²) in [7, 11) is 1.30. The number of hydrogen-bond acceptors (Lipinski definition) is 5. The topological polar surface area (TPSA) is 110 Å². The smallest absolute Gasteiger partial charge is 0.349 e. The third kappa shape index (κ3) is 2.43. The van der Waals surface area contributed by atoms with E-state index in [9.17, 15) is 14.9 Å². The van der Waals surface area contributed by atoms with E-state index < -0.39 is 10.7 Å². The van der Waals surface area contributed by atoms with Crippen LogP contribution in [0.25, 0.3) is 0 Å². The van der Waals surface area contributed by atoms with Crippen LogP contribution in [0.1, 0.15) is 0 Å². The first-order valence-corrected chi connectivity index (χ1v) is 3.18. The molecule has 0 aliphatic heterocycles. The number of anilines is 1. The van der Waals surface area contributed by atoms with Crippen molar-refractivity contribution in [3.05, 3.63) is 26.7 Å². The summed E-state index contributed by atoms with van der Waals surface area (Å²) in [6.45, 7) is 0. The molecule has 1 rings (SSSR count). The van der Waals surface area contributed by atoms with Crippen molar-refractivity contribution < 1.29 is 9.77 Å². The molecule has 13 heavy (non-hydrogen) atoms. The zero-order valence-corrected chi connectivity index (χ0v) is 6.60. The molecule has 70 valence electrons. The number of hydrazine groups is 1. The fourth-order valence-corrected chi connectivity index (χ4v) is 0.698. The molecule has 8 nitrogen and oxygen atoms in total. The van der Waals surface area contributed by atoms with Gasteiger partial charge in [-0.05, 0) is 0 Å². The van der Waals surface area contributed by atoms with E-state index in [1.165, 1.54) is 13.2 Å². The standard InChI is InChI=1S/C5H6N4O4/c1-13-4-2-3(8-9(11)12)6-5(10)7-4/h2H,1H3,(H2,6,7,8,10). The molecular weight excluding hydrogens is 180 g/mol. The fourth-order valence-electron chi connectivity index (χ4n) is 0.698. The minimum Gasteiger partial charge on any atom is -0.481 e. The van der Waals surface area contributed by atoms with Gasteiger partial charge in [-0.2, -0.15) is 4.98 Å². The van der Waals surface area contributed by atoms with Gasteiger partial charge < -0.3 is 4.74 Å². The number of H-pyrrole nitrogens is 1. The summed E-state index contributed by atoms with van der Waals surface area (Å²) in [5.41, 5.74) is 1.05. The summed E-state index contributed by atoms with van der Waals surface area (Å²) >= 11 is 0. The average molecular weight is 186 g/mol. The van der Waals surface area contributed by atoms with E-state index in [1.54, 1.807) is 5.43 Å². The number of nitro groups is 1. The number of ether oxygens (including phenoxy) is 1. The molecule has 1 aromatic heterocycles. The lowest BCUT2D eigenvalue weighted by molar-refractivity contribution is -0.445. The summed E-state index contributed by atoms with van der Waals surface area (Å²) in [6, 6.07) is 1.20. The Morgan fingerprint density at radius 2 is 2.46 bits per heavy atom. The molecule has 0 spiro atoms. The van der Waals surface area contributed by atoms with Crippen molar-refractivity contribution >= 4 is 5.82 Å². The maximum atomic E-state index is 10.7. The Hall–Kier alpha value is -2.12. The van der Waals surface area contributed by atoms with Gasteiger partial charge in [-0.25, -0.2) is 14.9 Å². The number of nitrogens with one attached hydrogen (secondary N) is 2. The van der Waals surface area contributed by atoms with Crippen molar-refractivity contribution in [2.75, 3.05) is 12.5 Å². The molecule has 1 heterocycles. The Morgan fingerprint density at radius 1 is 1.77 bits per heavy atom. The van der Waals surface area contributed by atoms with E-state index >= 15 is 0 Å². The Kier molecular flexibility index (Phi) is 2.43. The number of aromatic amines is 1. The fraction of sp³-hybridized carbons (Fsp3) is 0.200. The zero-order valence-electron chi connectivity index (χ0n) is 6.60. The average Bonchev–Trinajstić information content (AvgIpc) is 2.01. The zero-order chi connectivity index (χ0) is 9.84. The molecule has 0 radical (unpaired) electrons. The molecule has 0 bridgehead atoms. The molecule has 8 heteroatoms. The van der Waals surface area contributed by atoms with Crippen LogP contribution in [0.5, 0.6) is 5.88 Å². The van der Waals surface area contributed by atoms with E-state index in [1.807, 2.05) is 0 Å². The van der Waals surface area contributed by atoms with E-state index in [2.05, 4.69) is 14.7 Å². The monoisotopic (exact) mass is 186 g/mol. The molecular formula is C5H6N4O4. The minimum absolute atomic E-state index is 0.00750. The molecule has 0 amide bonds. The second kappa shape index (κ2) is 3.52. The van der Waals surface area contributed by atoms with Crippen molar-refractivity contribution in [2.45, 2.75) is 0 Å². The quantitative estimate of drug-likeness (QED) is 0.480. The van der Waals surface area contributed by atoms with Gasteiger partial charge in [0.15, 0.2) is 10.9 Å². The third-order valence-electron chi connectivity index (χ3n) is 1.14. The van der Waals surface area contributed by atoms with Crippen molar-refractivity contribution in [2.24, 2.45) is 0 Å². The lowest BCUT2D eigenvalue weighted by atomic mass is 10.6.